The van der Waals surface area contributed by atoms with Gasteiger partial charge in [0, 0.05) is 6.54 Å². The van der Waals surface area contributed by atoms with Crippen molar-refractivity contribution >= 4 is 0 Å². The number of hydrogen-bond acceptors (Lipinski definition) is 2. The van der Waals surface area contributed by atoms with Gasteiger partial charge in [0.05, 0.1) is 6.10 Å². The summed E-state index contributed by atoms with van der Waals surface area (Å²) in [6, 6.07) is 0. The molecule has 0 heterocycles. The summed E-state index contributed by atoms with van der Waals surface area (Å²) in [6.07, 6.45) is 6.03. The van der Waals surface area contributed by atoms with Crippen molar-refractivity contribution < 1.29 is 5.11 Å². The molecular formula is C11H25NO. The molecular weight excluding hydrogens is 162 g/mol. The maximum Gasteiger partial charge on any atom is 0.0524 e. The van der Waals surface area contributed by atoms with Crippen LogP contribution in [-0.2, 0) is 0 Å². The van der Waals surface area contributed by atoms with Crippen LogP contribution in [0.25, 0.3) is 0 Å². The predicted molar refractivity (Wildman–Crippen MR) is 57.9 cm³/mol. The smallest absolute Gasteiger partial charge is 0.0524 e. The van der Waals surface area contributed by atoms with Gasteiger partial charge in [0.15, 0.2) is 0 Å². The summed E-state index contributed by atoms with van der Waals surface area (Å²) in [5.74, 6) is 0. The highest BCUT2D eigenvalue weighted by Crippen LogP contribution is 2.01. The van der Waals surface area contributed by atoms with Crippen LogP contribution >= 0.6 is 0 Å². The van der Waals surface area contributed by atoms with Crippen molar-refractivity contribution in [1.82, 2.24) is 4.90 Å². The molecule has 1 N–H and O–H groups in total. The number of aliphatic hydroxyl groups excluding tert-OH is 1. The fraction of sp³-hybridized carbons (Fsp3) is 1.00. The third kappa shape index (κ3) is 9.84. The minimum atomic E-state index is -0.155. The molecule has 0 saturated carbocycles. The van der Waals surface area contributed by atoms with E-state index in [9.17, 15) is 0 Å². The number of aliphatic hydroxyl groups is 1. The Kier molecular flexibility index (Phi) is 8.46. The van der Waals surface area contributed by atoms with Gasteiger partial charge in [-0.1, -0.05) is 26.2 Å². The van der Waals surface area contributed by atoms with E-state index in [-0.39, 0.29) is 6.10 Å². The van der Waals surface area contributed by atoms with E-state index in [0.29, 0.717) is 0 Å². The van der Waals surface area contributed by atoms with Crippen molar-refractivity contribution in [2.45, 2.75) is 52.1 Å². The summed E-state index contributed by atoms with van der Waals surface area (Å²) in [6.45, 7) is 6.28. The van der Waals surface area contributed by atoms with E-state index in [2.05, 4.69) is 18.9 Å². The first-order chi connectivity index (χ1) is 6.16. The SMILES string of the molecule is CCCCCCN(C)CCC(C)O. The van der Waals surface area contributed by atoms with Gasteiger partial charge >= 0.3 is 0 Å². The highest BCUT2D eigenvalue weighted by molar-refractivity contribution is 4.55. The fourth-order valence-corrected chi connectivity index (χ4v) is 1.33. The van der Waals surface area contributed by atoms with Crippen molar-refractivity contribution in [3.05, 3.63) is 0 Å². The number of unbranched alkanes of at least 4 members (excludes halogenated alkanes) is 3. The van der Waals surface area contributed by atoms with E-state index in [1.807, 2.05) is 6.92 Å². The van der Waals surface area contributed by atoms with E-state index in [1.165, 1.54) is 32.2 Å². The molecule has 0 fully saturated rings. The molecule has 0 amide bonds. The van der Waals surface area contributed by atoms with Gasteiger partial charge in [-0.05, 0) is 33.4 Å². The zero-order valence-electron chi connectivity index (χ0n) is 9.42. The lowest BCUT2D eigenvalue weighted by atomic mass is 10.2. The fourth-order valence-electron chi connectivity index (χ4n) is 1.33. The van der Waals surface area contributed by atoms with Gasteiger partial charge in [0.25, 0.3) is 0 Å². The summed E-state index contributed by atoms with van der Waals surface area (Å²) in [5.41, 5.74) is 0. The largest absolute Gasteiger partial charge is 0.393 e. The molecule has 0 rings (SSSR count). The predicted octanol–water partition coefficient (Wildman–Crippen LogP) is 2.27. The molecule has 0 saturated heterocycles. The second-order valence-corrected chi connectivity index (χ2v) is 4.00. The normalized spacial score (nSPS) is 13.6. The third-order valence-corrected chi connectivity index (χ3v) is 2.32. The second kappa shape index (κ2) is 8.52. The van der Waals surface area contributed by atoms with Gasteiger partial charge in [-0.15, -0.1) is 0 Å². The molecule has 2 heteroatoms. The minimum absolute atomic E-state index is 0.155. The Morgan fingerprint density at radius 1 is 1.15 bits per heavy atom. The van der Waals surface area contributed by atoms with Gasteiger partial charge < -0.3 is 10.0 Å². The first-order valence-corrected chi connectivity index (χ1v) is 5.53. The molecule has 1 atom stereocenters. The van der Waals surface area contributed by atoms with Crippen molar-refractivity contribution in [2.24, 2.45) is 0 Å². The second-order valence-electron chi connectivity index (χ2n) is 4.00. The molecule has 0 spiro atoms. The Morgan fingerprint density at radius 2 is 1.85 bits per heavy atom. The first-order valence-electron chi connectivity index (χ1n) is 5.53. The Hall–Kier alpha value is -0.0800. The highest BCUT2D eigenvalue weighted by Gasteiger charge is 2.00. The molecule has 0 radical (unpaired) electrons. The van der Waals surface area contributed by atoms with Crippen LogP contribution in [0.2, 0.25) is 0 Å². The summed E-state index contributed by atoms with van der Waals surface area (Å²) >= 11 is 0. The molecule has 13 heavy (non-hydrogen) atoms. The van der Waals surface area contributed by atoms with E-state index >= 15 is 0 Å². The topological polar surface area (TPSA) is 23.5 Å². The van der Waals surface area contributed by atoms with Crippen LogP contribution in [0.3, 0.4) is 0 Å². The monoisotopic (exact) mass is 187 g/mol. The molecule has 80 valence electrons. The maximum absolute atomic E-state index is 9.08. The standard InChI is InChI=1S/C11H25NO/c1-4-5-6-7-9-12(3)10-8-11(2)13/h11,13H,4-10H2,1-3H3. The summed E-state index contributed by atoms with van der Waals surface area (Å²) in [5, 5.41) is 9.08. The Labute approximate surface area is 82.9 Å². The average molecular weight is 187 g/mol. The van der Waals surface area contributed by atoms with Gasteiger partial charge in [0.1, 0.15) is 0 Å². The molecule has 0 aromatic rings. The van der Waals surface area contributed by atoms with Crippen molar-refractivity contribution in [3.8, 4) is 0 Å². The summed E-state index contributed by atoms with van der Waals surface area (Å²) in [7, 11) is 2.13. The number of nitrogens with zero attached hydrogens (tertiary/aromatic N) is 1. The van der Waals surface area contributed by atoms with E-state index < -0.39 is 0 Å². The van der Waals surface area contributed by atoms with Crippen molar-refractivity contribution in [2.75, 3.05) is 20.1 Å². The Morgan fingerprint density at radius 3 is 2.38 bits per heavy atom. The molecule has 0 aliphatic heterocycles. The molecule has 0 bridgehead atoms. The van der Waals surface area contributed by atoms with Crippen molar-refractivity contribution in [3.63, 3.8) is 0 Å². The van der Waals surface area contributed by atoms with Gasteiger partial charge in [-0.3, -0.25) is 0 Å². The molecule has 0 aliphatic carbocycles. The van der Waals surface area contributed by atoms with Gasteiger partial charge in [-0.25, -0.2) is 0 Å². The third-order valence-electron chi connectivity index (χ3n) is 2.32. The first kappa shape index (κ1) is 12.9. The molecule has 0 aliphatic rings. The Bertz CT molecular complexity index is 104. The highest BCUT2D eigenvalue weighted by atomic mass is 16.3. The quantitative estimate of drug-likeness (QED) is 0.589. The maximum atomic E-state index is 9.08. The van der Waals surface area contributed by atoms with Crippen LogP contribution in [0.4, 0.5) is 0 Å². The molecule has 1 unspecified atom stereocenters. The van der Waals surface area contributed by atoms with Crippen LogP contribution in [-0.4, -0.2) is 36.2 Å². The van der Waals surface area contributed by atoms with E-state index in [4.69, 9.17) is 5.11 Å². The average Bonchev–Trinajstić information content (AvgIpc) is 2.09. The summed E-state index contributed by atoms with van der Waals surface area (Å²) < 4.78 is 0. The van der Waals surface area contributed by atoms with Gasteiger partial charge in [-0.2, -0.15) is 0 Å². The minimum Gasteiger partial charge on any atom is -0.393 e. The van der Waals surface area contributed by atoms with Gasteiger partial charge in [0.2, 0.25) is 0 Å². The van der Waals surface area contributed by atoms with Crippen molar-refractivity contribution in [1.29, 1.82) is 0 Å². The molecule has 0 aromatic heterocycles. The zero-order valence-corrected chi connectivity index (χ0v) is 9.42. The van der Waals surface area contributed by atoms with Crippen LogP contribution in [0.15, 0.2) is 0 Å². The van der Waals surface area contributed by atoms with Crippen LogP contribution < -0.4 is 0 Å². The lowest BCUT2D eigenvalue weighted by molar-refractivity contribution is 0.164. The molecule has 2 nitrogen and oxygen atoms in total. The Balaban J connectivity index is 3.15. The van der Waals surface area contributed by atoms with E-state index in [1.54, 1.807) is 0 Å². The zero-order chi connectivity index (χ0) is 10.1. The van der Waals surface area contributed by atoms with Crippen LogP contribution in [0.1, 0.15) is 46.0 Å². The van der Waals surface area contributed by atoms with Crippen LogP contribution in [0, 0.1) is 0 Å². The van der Waals surface area contributed by atoms with E-state index in [0.717, 1.165) is 13.0 Å². The number of rotatable bonds is 8. The number of hydrogen-bond donors (Lipinski definition) is 1. The summed E-state index contributed by atoms with van der Waals surface area (Å²) in [4.78, 5) is 2.31. The van der Waals surface area contributed by atoms with Crippen LogP contribution in [0.5, 0.6) is 0 Å². The lowest BCUT2D eigenvalue weighted by Crippen LogP contribution is -2.23. The lowest BCUT2D eigenvalue weighted by Gasteiger charge is -2.17. The molecule has 0 aromatic carbocycles.